The second kappa shape index (κ2) is 11.3. The molecule has 0 amide bonds. The Labute approximate surface area is 240 Å². The van der Waals surface area contributed by atoms with Crippen molar-refractivity contribution in [1.29, 1.82) is 0 Å². The highest BCUT2D eigenvalue weighted by Crippen LogP contribution is 2.36. The van der Waals surface area contributed by atoms with Crippen LogP contribution in [0, 0.1) is 0 Å². The van der Waals surface area contributed by atoms with Crippen molar-refractivity contribution in [3.8, 4) is 28.3 Å². The molecule has 0 aliphatic carbocycles. The zero-order valence-corrected chi connectivity index (χ0v) is 24.8. The molecule has 2 saturated heterocycles. The van der Waals surface area contributed by atoms with Gasteiger partial charge in [0.2, 0.25) is 0 Å². The molecule has 2 aliphatic rings. The van der Waals surface area contributed by atoms with Crippen LogP contribution in [0.1, 0.15) is 0 Å². The molecule has 7 nitrogen and oxygen atoms in total. The average molecular weight is 579 g/mol. The highest BCUT2D eigenvalue weighted by atomic mass is 35.5. The van der Waals surface area contributed by atoms with Crippen LogP contribution in [0.25, 0.3) is 33.4 Å². The lowest BCUT2D eigenvalue weighted by Crippen LogP contribution is -2.35. The van der Waals surface area contributed by atoms with Gasteiger partial charge in [0.25, 0.3) is 0 Å². The number of rotatable bonds is 9. The van der Waals surface area contributed by atoms with Crippen LogP contribution in [-0.2, 0) is 20.9 Å². The summed E-state index contributed by atoms with van der Waals surface area (Å²) in [4.78, 5) is 4.97. The van der Waals surface area contributed by atoms with Crippen LogP contribution in [-0.4, -0.2) is 67.0 Å². The summed E-state index contributed by atoms with van der Waals surface area (Å²) in [6, 6.07) is 23.5. The number of hydrogen-bond acceptors (Lipinski definition) is 6. The molecule has 2 aromatic heterocycles. The van der Waals surface area contributed by atoms with E-state index in [1.54, 1.807) is 0 Å². The minimum atomic E-state index is -1.23. The second-order valence-electron chi connectivity index (χ2n) is 11.7. The van der Waals surface area contributed by atoms with E-state index < -0.39 is 14.2 Å². The van der Waals surface area contributed by atoms with Crippen LogP contribution < -0.4 is 4.74 Å². The minimum Gasteiger partial charge on any atom is -0.470 e. The Morgan fingerprint density at radius 1 is 0.950 bits per heavy atom. The zero-order chi connectivity index (χ0) is 27.9. The van der Waals surface area contributed by atoms with E-state index in [1.807, 2.05) is 34.9 Å². The number of benzene rings is 2. The summed E-state index contributed by atoms with van der Waals surface area (Å²) in [7, 11) is -1.23. The van der Waals surface area contributed by atoms with Crippen molar-refractivity contribution in [3.63, 3.8) is 0 Å². The third-order valence-electron chi connectivity index (χ3n) is 7.54. The molecule has 1 N–H and O–H groups in total. The van der Waals surface area contributed by atoms with Crippen molar-refractivity contribution in [1.82, 2.24) is 9.55 Å². The van der Waals surface area contributed by atoms with Gasteiger partial charge in [-0.25, -0.2) is 4.98 Å². The maximum Gasteiger partial charge on any atom is 0.198 e. The summed E-state index contributed by atoms with van der Waals surface area (Å²) in [5.74, 6) is 0.613. The lowest BCUT2D eigenvalue weighted by atomic mass is 10.0. The van der Waals surface area contributed by atoms with Crippen molar-refractivity contribution in [2.75, 3.05) is 19.8 Å². The smallest absolute Gasteiger partial charge is 0.198 e. The minimum absolute atomic E-state index is 0.252. The Morgan fingerprint density at radius 2 is 1.65 bits per heavy atom. The fourth-order valence-corrected chi connectivity index (χ4v) is 6.26. The predicted molar refractivity (Wildman–Crippen MR) is 160 cm³/mol. The molecule has 2 aliphatic heterocycles. The molecule has 4 heterocycles. The summed E-state index contributed by atoms with van der Waals surface area (Å²) >= 11 is 6.84. The van der Waals surface area contributed by atoms with E-state index in [0.29, 0.717) is 36.5 Å². The molecule has 0 bridgehead atoms. The molecule has 4 aromatic rings. The standard InChI is InChI=1S/C31H35ClN2O5Si/c1-40(2,3)14-13-36-19-34-25-15-23(32)29(22-11-9-21(10-12-22)20-7-5-4-6-8-20)33-24(25)16-28(34)39-27-18-38-30-26(35)17-37-31(27)30/h4-12,15-16,26-27,30-31,35H,13-14,17-19H2,1-3H3/t26-,27-,30-,31?/m1/s1. The van der Waals surface area contributed by atoms with Crippen molar-refractivity contribution in [2.24, 2.45) is 0 Å². The number of nitrogens with zero attached hydrogens (tertiary/aromatic N) is 2. The van der Waals surface area contributed by atoms with Crippen LogP contribution in [0.4, 0.5) is 0 Å². The van der Waals surface area contributed by atoms with Gasteiger partial charge in [0, 0.05) is 26.3 Å². The summed E-state index contributed by atoms with van der Waals surface area (Å²) in [5, 5.41) is 10.7. The molecule has 0 saturated carbocycles. The molecule has 2 aromatic carbocycles. The Bertz CT molecular complexity index is 1470. The fraction of sp³-hybridized carbons (Fsp3) is 0.387. The van der Waals surface area contributed by atoms with Crippen LogP contribution in [0.2, 0.25) is 30.7 Å². The van der Waals surface area contributed by atoms with E-state index >= 15 is 0 Å². The molecular weight excluding hydrogens is 544 g/mol. The van der Waals surface area contributed by atoms with Gasteiger partial charge in [-0.05, 0) is 23.2 Å². The molecular formula is C31H35ClN2O5Si. The summed E-state index contributed by atoms with van der Waals surface area (Å²) < 4.78 is 26.1. The van der Waals surface area contributed by atoms with E-state index in [1.165, 1.54) is 0 Å². The zero-order valence-electron chi connectivity index (χ0n) is 23.0. The average Bonchev–Trinajstić information content (AvgIpc) is 3.61. The molecule has 40 heavy (non-hydrogen) atoms. The Kier molecular flexibility index (Phi) is 7.74. The van der Waals surface area contributed by atoms with E-state index in [-0.39, 0.29) is 24.9 Å². The molecule has 6 rings (SSSR count). The van der Waals surface area contributed by atoms with Gasteiger partial charge in [0.15, 0.2) is 12.0 Å². The molecule has 1 unspecified atom stereocenters. The van der Waals surface area contributed by atoms with Crippen molar-refractivity contribution in [2.45, 2.75) is 56.8 Å². The van der Waals surface area contributed by atoms with Gasteiger partial charge in [-0.15, -0.1) is 0 Å². The summed E-state index contributed by atoms with van der Waals surface area (Å²) in [6.07, 6.45) is -1.66. The summed E-state index contributed by atoms with van der Waals surface area (Å²) in [5.41, 5.74) is 5.54. The van der Waals surface area contributed by atoms with E-state index in [4.69, 9.17) is 35.5 Å². The third kappa shape index (κ3) is 5.70. The van der Waals surface area contributed by atoms with Gasteiger partial charge in [0.1, 0.15) is 25.0 Å². The normalized spacial score (nSPS) is 22.6. The number of fused-ring (bicyclic) bond motifs is 2. The summed E-state index contributed by atoms with van der Waals surface area (Å²) in [6.45, 7) is 8.59. The first-order valence-corrected chi connectivity index (χ1v) is 17.9. The maximum absolute atomic E-state index is 10.2. The molecule has 210 valence electrons. The van der Waals surface area contributed by atoms with Gasteiger partial charge < -0.3 is 24.1 Å². The van der Waals surface area contributed by atoms with Gasteiger partial charge >= 0.3 is 0 Å². The molecule has 9 heteroatoms. The number of hydrogen-bond donors (Lipinski definition) is 1. The van der Waals surface area contributed by atoms with Gasteiger partial charge in [-0.1, -0.05) is 85.8 Å². The van der Waals surface area contributed by atoms with Crippen molar-refractivity contribution in [3.05, 3.63) is 71.8 Å². The third-order valence-corrected chi connectivity index (χ3v) is 9.53. The first kappa shape index (κ1) is 27.4. The van der Waals surface area contributed by atoms with Crippen LogP contribution >= 0.6 is 11.6 Å². The number of pyridine rings is 1. The van der Waals surface area contributed by atoms with Crippen LogP contribution in [0.3, 0.4) is 0 Å². The topological polar surface area (TPSA) is 75.0 Å². The highest BCUT2D eigenvalue weighted by Gasteiger charge is 2.48. The molecule has 0 radical (unpaired) electrons. The number of halogens is 1. The monoisotopic (exact) mass is 578 g/mol. The highest BCUT2D eigenvalue weighted by molar-refractivity contribution is 6.76. The van der Waals surface area contributed by atoms with Crippen molar-refractivity contribution >= 4 is 30.7 Å². The van der Waals surface area contributed by atoms with Gasteiger partial charge in [-0.2, -0.15) is 0 Å². The van der Waals surface area contributed by atoms with Crippen LogP contribution in [0.5, 0.6) is 5.88 Å². The van der Waals surface area contributed by atoms with Crippen molar-refractivity contribution < 1.29 is 24.1 Å². The van der Waals surface area contributed by atoms with Crippen LogP contribution in [0.15, 0.2) is 66.7 Å². The van der Waals surface area contributed by atoms with Gasteiger partial charge in [0.05, 0.1) is 35.0 Å². The molecule has 0 spiro atoms. The first-order valence-electron chi connectivity index (χ1n) is 13.8. The lowest BCUT2D eigenvalue weighted by Gasteiger charge is -2.20. The molecule has 2 fully saturated rings. The van der Waals surface area contributed by atoms with E-state index in [9.17, 15) is 5.11 Å². The van der Waals surface area contributed by atoms with Gasteiger partial charge in [-0.3, -0.25) is 4.57 Å². The quantitative estimate of drug-likeness (QED) is 0.187. The Balaban J connectivity index is 1.30. The predicted octanol–water partition coefficient (Wildman–Crippen LogP) is 6.24. The number of aliphatic hydroxyl groups excluding tert-OH is 1. The first-order chi connectivity index (χ1) is 19.3. The van der Waals surface area contributed by atoms with E-state index in [0.717, 1.165) is 33.8 Å². The number of aliphatic hydroxyl groups is 1. The Hall–Kier alpha value is -2.72. The second-order valence-corrected chi connectivity index (χ2v) is 17.8. The SMILES string of the molecule is C[Si](C)(C)CCOCn1c(O[C@@H]2CO[C@H]3C2OC[C@H]3O)cc2nc(-c3ccc(-c4ccccc4)cc3)c(Cl)cc21. The van der Waals surface area contributed by atoms with E-state index in [2.05, 4.69) is 56.0 Å². The number of ether oxygens (including phenoxy) is 4. The fourth-order valence-electron chi connectivity index (χ4n) is 5.25. The number of aromatic nitrogens is 2. The molecule has 4 atom stereocenters. The lowest BCUT2D eigenvalue weighted by molar-refractivity contribution is 0.00479. The Morgan fingerprint density at radius 3 is 2.40 bits per heavy atom. The largest absolute Gasteiger partial charge is 0.470 e. The maximum atomic E-state index is 10.2.